The highest BCUT2D eigenvalue weighted by Crippen LogP contribution is 2.29. The quantitative estimate of drug-likeness (QED) is 0.826. The van der Waals surface area contributed by atoms with Gasteiger partial charge < -0.3 is 4.90 Å². The molecular weight excluding hydrogens is 256 g/mol. The molecule has 2 aliphatic rings. The van der Waals surface area contributed by atoms with Gasteiger partial charge in [0.1, 0.15) is 28.3 Å². The second kappa shape index (κ2) is 4.90. The van der Waals surface area contributed by atoms with Crippen molar-refractivity contribution >= 4 is 23.4 Å². The summed E-state index contributed by atoms with van der Waals surface area (Å²) in [6.07, 6.45) is 1.93. The van der Waals surface area contributed by atoms with Gasteiger partial charge in [-0.05, 0) is 6.26 Å². The number of rotatable bonds is 2. The van der Waals surface area contributed by atoms with Crippen LogP contribution in [0.25, 0.3) is 0 Å². The average molecular weight is 268 g/mol. The van der Waals surface area contributed by atoms with Gasteiger partial charge in [-0.15, -0.1) is 11.8 Å². The molecule has 0 aromatic heterocycles. The van der Waals surface area contributed by atoms with Crippen molar-refractivity contribution in [3.63, 3.8) is 0 Å². The van der Waals surface area contributed by atoms with Gasteiger partial charge in [-0.1, -0.05) is 30.3 Å². The molecule has 1 aromatic carbocycles. The lowest BCUT2D eigenvalue weighted by molar-refractivity contribution is 0.661. The van der Waals surface area contributed by atoms with E-state index in [1.54, 1.807) is 0 Å². The molecule has 0 aliphatic carbocycles. The number of nitriles is 1. The number of aliphatic imine (C=N–C) groups is 2. The molecule has 0 unspecified atom stereocenters. The summed E-state index contributed by atoms with van der Waals surface area (Å²) in [5, 5.41) is 10.0. The van der Waals surface area contributed by atoms with E-state index in [2.05, 4.69) is 16.1 Å². The van der Waals surface area contributed by atoms with Gasteiger partial charge in [-0.25, -0.2) is 4.99 Å². The molecule has 0 amide bonds. The number of hydrogen-bond acceptors (Lipinski definition) is 5. The number of hydrogen-bond donors (Lipinski definition) is 0. The molecule has 0 spiro atoms. The van der Waals surface area contributed by atoms with Crippen LogP contribution in [0.15, 0.2) is 50.9 Å². The van der Waals surface area contributed by atoms with Crippen LogP contribution in [0.4, 0.5) is 0 Å². The highest BCUT2D eigenvalue weighted by molar-refractivity contribution is 8.02. The Morgan fingerprint density at radius 1 is 1.26 bits per heavy atom. The monoisotopic (exact) mass is 268 g/mol. The molecule has 0 bridgehead atoms. The van der Waals surface area contributed by atoms with E-state index >= 15 is 0 Å². The Kier molecular flexibility index (Phi) is 3.10. The SMILES string of the molecule is CSC1=C(C#N)C2=NCCN2C(c2ccccc2)=N1. The lowest BCUT2D eigenvalue weighted by Crippen LogP contribution is -2.38. The fraction of sp³-hybridized carbons (Fsp3) is 0.214. The molecule has 3 rings (SSSR count). The van der Waals surface area contributed by atoms with E-state index in [-0.39, 0.29) is 0 Å². The Morgan fingerprint density at radius 2 is 2.05 bits per heavy atom. The van der Waals surface area contributed by atoms with Crippen LogP contribution < -0.4 is 0 Å². The molecule has 4 nitrogen and oxygen atoms in total. The highest BCUT2D eigenvalue weighted by Gasteiger charge is 2.31. The van der Waals surface area contributed by atoms with Gasteiger partial charge in [0.2, 0.25) is 0 Å². The second-order valence-electron chi connectivity index (χ2n) is 4.15. The molecule has 2 aliphatic heterocycles. The Morgan fingerprint density at radius 3 is 2.74 bits per heavy atom. The summed E-state index contributed by atoms with van der Waals surface area (Å²) >= 11 is 1.49. The van der Waals surface area contributed by atoms with Gasteiger partial charge in [-0.2, -0.15) is 5.26 Å². The minimum absolute atomic E-state index is 0.588. The standard InChI is InChI=1S/C14H12N4S/c1-19-14-11(9-15)13-16-7-8-18(13)12(17-14)10-5-3-2-4-6-10/h2-6H,7-8H2,1H3. The van der Waals surface area contributed by atoms with Crippen molar-refractivity contribution < 1.29 is 0 Å². The molecule has 0 fully saturated rings. The number of thioether (sulfide) groups is 1. The van der Waals surface area contributed by atoms with Crippen LogP contribution in [0.3, 0.4) is 0 Å². The van der Waals surface area contributed by atoms with E-state index in [4.69, 9.17) is 0 Å². The van der Waals surface area contributed by atoms with E-state index in [1.165, 1.54) is 11.8 Å². The minimum atomic E-state index is 0.588. The molecule has 0 saturated carbocycles. The summed E-state index contributed by atoms with van der Waals surface area (Å²) in [6.45, 7) is 1.50. The zero-order valence-corrected chi connectivity index (χ0v) is 11.3. The topological polar surface area (TPSA) is 51.8 Å². The zero-order valence-electron chi connectivity index (χ0n) is 10.5. The molecule has 2 heterocycles. The summed E-state index contributed by atoms with van der Waals surface area (Å²) in [5.74, 6) is 1.65. The molecule has 19 heavy (non-hydrogen) atoms. The van der Waals surface area contributed by atoms with Crippen LogP contribution in [-0.2, 0) is 0 Å². The summed E-state index contributed by atoms with van der Waals surface area (Å²) < 4.78 is 0. The van der Waals surface area contributed by atoms with Gasteiger partial charge >= 0.3 is 0 Å². The third-order valence-corrected chi connectivity index (χ3v) is 3.76. The Balaban J connectivity index is 2.16. The van der Waals surface area contributed by atoms with Gasteiger partial charge in [0.25, 0.3) is 0 Å². The van der Waals surface area contributed by atoms with Crippen molar-refractivity contribution in [1.82, 2.24) is 4.90 Å². The first-order chi connectivity index (χ1) is 9.35. The molecule has 5 heteroatoms. The number of amidine groups is 2. The smallest absolute Gasteiger partial charge is 0.150 e. The maximum atomic E-state index is 9.30. The second-order valence-corrected chi connectivity index (χ2v) is 4.95. The summed E-state index contributed by atoms with van der Waals surface area (Å²) in [7, 11) is 0. The van der Waals surface area contributed by atoms with Crippen molar-refractivity contribution in [2.45, 2.75) is 0 Å². The van der Waals surface area contributed by atoms with Gasteiger partial charge in [-0.3, -0.25) is 4.99 Å². The molecule has 0 radical (unpaired) electrons. The number of nitrogens with zero attached hydrogens (tertiary/aromatic N) is 4. The molecular formula is C14H12N4S. The van der Waals surface area contributed by atoms with Gasteiger partial charge in [0.05, 0.1) is 6.54 Å². The highest BCUT2D eigenvalue weighted by atomic mass is 32.2. The van der Waals surface area contributed by atoms with Crippen LogP contribution in [0.5, 0.6) is 0 Å². The molecule has 0 saturated heterocycles. The first-order valence-electron chi connectivity index (χ1n) is 6.00. The van der Waals surface area contributed by atoms with Crippen LogP contribution in [0.1, 0.15) is 5.56 Å². The summed E-state index contributed by atoms with van der Waals surface area (Å²) in [4.78, 5) is 11.1. The van der Waals surface area contributed by atoms with E-state index in [0.717, 1.165) is 28.8 Å². The van der Waals surface area contributed by atoms with Crippen LogP contribution in [0, 0.1) is 11.3 Å². The first-order valence-corrected chi connectivity index (χ1v) is 7.22. The maximum absolute atomic E-state index is 9.30. The maximum Gasteiger partial charge on any atom is 0.150 e. The molecule has 0 N–H and O–H groups in total. The van der Waals surface area contributed by atoms with E-state index in [1.807, 2.05) is 41.5 Å². The predicted molar refractivity (Wildman–Crippen MR) is 78.1 cm³/mol. The third-order valence-electron chi connectivity index (χ3n) is 3.08. The number of fused-ring (bicyclic) bond motifs is 1. The summed E-state index contributed by atoms with van der Waals surface area (Å²) in [5.41, 5.74) is 1.64. The number of benzene rings is 1. The molecule has 0 atom stereocenters. The fourth-order valence-electron chi connectivity index (χ4n) is 2.23. The molecule has 94 valence electrons. The Bertz CT molecular complexity index is 637. The zero-order chi connectivity index (χ0) is 13.2. The van der Waals surface area contributed by atoms with Crippen LogP contribution in [-0.4, -0.2) is 35.9 Å². The van der Waals surface area contributed by atoms with E-state index < -0.39 is 0 Å². The largest absolute Gasteiger partial charge is 0.308 e. The lowest BCUT2D eigenvalue weighted by atomic mass is 10.1. The van der Waals surface area contributed by atoms with E-state index in [9.17, 15) is 5.26 Å². The Labute approximate surface area is 116 Å². The van der Waals surface area contributed by atoms with Crippen molar-refractivity contribution in [1.29, 1.82) is 5.26 Å². The predicted octanol–water partition coefficient (Wildman–Crippen LogP) is 2.26. The van der Waals surface area contributed by atoms with Crippen molar-refractivity contribution in [3.05, 3.63) is 46.5 Å². The van der Waals surface area contributed by atoms with Crippen molar-refractivity contribution in [2.24, 2.45) is 9.98 Å². The van der Waals surface area contributed by atoms with Gasteiger partial charge in [0, 0.05) is 12.1 Å². The van der Waals surface area contributed by atoms with Crippen molar-refractivity contribution in [2.75, 3.05) is 19.3 Å². The van der Waals surface area contributed by atoms with Crippen molar-refractivity contribution in [3.8, 4) is 6.07 Å². The average Bonchev–Trinajstić information content (AvgIpc) is 2.95. The van der Waals surface area contributed by atoms with Crippen LogP contribution >= 0.6 is 11.8 Å². The summed E-state index contributed by atoms with van der Waals surface area (Å²) in [6, 6.07) is 12.3. The molecule has 1 aromatic rings. The minimum Gasteiger partial charge on any atom is -0.308 e. The normalized spacial score (nSPS) is 17.8. The first kappa shape index (κ1) is 12.0. The fourth-order valence-corrected chi connectivity index (χ4v) is 2.75. The van der Waals surface area contributed by atoms with E-state index in [0.29, 0.717) is 12.1 Å². The third kappa shape index (κ3) is 1.94. The van der Waals surface area contributed by atoms with Crippen LogP contribution in [0.2, 0.25) is 0 Å². The Hall–Kier alpha value is -2.06. The lowest BCUT2D eigenvalue weighted by Gasteiger charge is -2.26. The van der Waals surface area contributed by atoms with Gasteiger partial charge in [0.15, 0.2) is 0 Å².